The summed E-state index contributed by atoms with van der Waals surface area (Å²) in [4.78, 5) is 0. The number of nitrogen functional groups attached to an aromatic ring is 1. The lowest BCUT2D eigenvalue weighted by atomic mass is 10.2. The number of nitrogens with zero attached hydrogens (tertiary/aromatic N) is 1. The second-order valence-electron chi connectivity index (χ2n) is 2.46. The zero-order valence-electron chi connectivity index (χ0n) is 6.85. The molecular weight excluding hydrogens is 142 g/mol. The SMILES string of the molecule is COCCc1[nH]nc(N)c1C. The first-order valence-corrected chi connectivity index (χ1v) is 3.54. The van der Waals surface area contributed by atoms with E-state index in [1.165, 1.54) is 0 Å². The molecule has 4 heteroatoms. The molecule has 0 unspecified atom stereocenters. The number of hydrogen-bond acceptors (Lipinski definition) is 3. The number of H-pyrrole nitrogens is 1. The zero-order valence-corrected chi connectivity index (χ0v) is 6.85. The quantitative estimate of drug-likeness (QED) is 0.667. The summed E-state index contributed by atoms with van der Waals surface area (Å²) in [5, 5.41) is 6.72. The number of aromatic amines is 1. The van der Waals surface area contributed by atoms with Crippen LogP contribution in [-0.2, 0) is 11.2 Å². The van der Waals surface area contributed by atoms with Gasteiger partial charge in [0.25, 0.3) is 0 Å². The van der Waals surface area contributed by atoms with Crippen molar-refractivity contribution in [1.82, 2.24) is 10.2 Å². The highest BCUT2D eigenvalue weighted by atomic mass is 16.5. The maximum absolute atomic E-state index is 5.53. The van der Waals surface area contributed by atoms with Gasteiger partial charge < -0.3 is 10.5 Å². The van der Waals surface area contributed by atoms with Crippen molar-refractivity contribution in [3.8, 4) is 0 Å². The summed E-state index contributed by atoms with van der Waals surface area (Å²) in [5.74, 6) is 0.580. The van der Waals surface area contributed by atoms with Crippen LogP contribution in [0, 0.1) is 6.92 Å². The third kappa shape index (κ3) is 1.71. The van der Waals surface area contributed by atoms with E-state index in [0.29, 0.717) is 12.4 Å². The third-order valence-corrected chi connectivity index (χ3v) is 1.70. The molecule has 62 valence electrons. The van der Waals surface area contributed by atoms with E-state index in [1.807, 2.05) is 6.92 Å². The van der Waals surface area contributed by atoms with Crippen molar-refractivity contribution in [1.29, 1.82) is 0 Å². The predicted octanol–water partition coefficient (Wildman–Crippen LogP) is 0.489. The highest BCUT2D eigenvalue weighted by Gasteiger charge is 2.03. The van der Waals surface area contributed by atoms with Gasteiger partial charge in [-0.3, -0.25) is 5.10 Å². The standard InChI is InChI=1S/C7H13N3O/c1-5-6(3-4-11-2)9-10-7(5)8/h3-4H2,1-2H3,(H3,8,9,10). The van der Waals surface area contributed by atoms with Gasteiger partial charge in [0.2, 0.25) is 0 Å². The maximum Gasteiger partial charge on any atom is 0.148 e. The molecule has 0 aliphatic carbocycles. The number of ether oxygens (including phenoxy) is 1. The van der Waals surface area contributed by atoms with Crippen molar-refractivity contribution in [2.75, 3.05) is 19.5 Å². The summed E-state index contributed by atoms with van der Waals surface area (Å²) in [6.45, 7) is 2.65. The average molecular weight is 155 g/mol. The second kappa shape index (κ2) is 3.39. The van der Waals surface area contributed by atoms with E-state index in [4.69, 9.17) is 10.5 Å². The fourth-order valence-corrected chi connectivity index (χ4v) is 0.898. The van der Waals surface area contributed by atoms with Crippen LogP contribution in [0.5, 0.6) is 0 Å². The Kier molecular flexibility index (Phi) is 2.48. The molecule has 0 atom stereocenters. The fourth-order valence-electron chi connectivity index (χ4n) is 0.898. The van der Waals surface area contributed by atoms with Crippen LogP contribution in [0.25, 0.3) is 0 Å². The number of nitrogens with two attached hydrogens (primary N) is 1. The summed E-state index contributed by atoms with van der Waals surface area (Å²) in [6, 6.07) is 0. The molecule has 3 N–H and O–H groups in total. The summed E-state index contributed by atoms with van der Waals surface area (Å²) >= 11 is 0. The number of aromatic nitrogens is 2. The fraction of sp³-hybridized carbons (Fsp3) is 0.571. The maximum atomic E-state index is 5.53. The van der Waals surface area contributed by atoms with Gasteiger partial charge in [-0.25, -0.2) is 0 Å². The summed E-state index contributed by atoms with van der Waals surface area (Å²) in [7, 11) is 1.68. The van der Waals surface area contributed by atoms with Crippen molar-refractivity contribution in [2.24, 2.45) is 0 Å². The average Bonchev–Trinajstić information content (AvgIpc) is 2.31. The van der Waals surface area contributed by atoms with Crippen LogP contribution in [0.1, 0.15) is 11.3 Å². The van der Waals surface area contributed by atoms with Gasteiger partial charge in [0.15, 0.2) is 0 Å². The summed E-state index contributed by atoms with van der Waals surface area (Å²) in [5.41, 5.74) is 7.62. The number of anilines is 1. The molecule has 0 amide bonds. The highest BCUT2D eigenvalue weighted by molar-refractivity contribution is 5.40. The van der Waals surface area contributed by atoms with Crippen molar-refractivity contribution in [3.63, 3.8) is 0 Å². The van der Waals surface area contributed by atoms with Gasteiger partial charge in [-0.05, 0) is 6.92 Å². The van der Waals surface area contributed by atoms with Gasteiger partial charge in [-0.2, -0.15) is 5.10 Å². The first-order valence-electron chi connectivity index (χ1n) is 3.54. The Morgan fingerprint density at radius 2 is 2.36 bits per heavy atom. The lowest BCUT2D eigenvalue weighted by molar-refractivity contribution is 0.201. The number of methoxy groups -OCH3 is 1. The number of rotatable bonds is 3. The van der Waals surface area contributed by atoms with Gasteiger partial charge in [0.1, 0.15) is 5.82 Å². The Balaban J connectivity index is 2.63. The van der Waals surface area contributed by atoms with E-state index in [-0.39, 0.29) is 0 Å². The Morgan fingerprint density at radius 1 is 1.64 bits per heavy atom. The largest absolute Gasteiger partial charge is 0.384 e. The minimum absolute atomic E-state index is 0.580. The molecule has 0 spiro atoms. The zero-order chi connectivity index (χ0) is 8.27. The highest BCUT2D eigenvalue weighted by Crippen LogP contribution is 2.11. The van der Waals surface area contributed by atoms with Crippen molar-refractivity contribution < 1.29 is 4.74 Å². The third-order valence-electron chi connectivity index (χ3n) is 1.70. The van der Waals surface area contributed by atoms with E-state index in [9.17, 15) is 0 Å². The molecule has 0 aliphatic rings. The van der Waals surface area contributed by atoms with Crippen LogP contribution in [0.3, 0.4) is 0 Å². The van der Waals surface area contributed by atoms with Gasteiger partial charge in [-0.15, -0.1) is 0 Å². The van der Waals surface area contributed by atoms with E-state index >= 15 is 0 Å². The topological polar surface area (TPSA) is 63.9 Å². The minimum Gasteiger partial charge on any atom is -0.384 e. The molecular formula is C7H13N3O. The first-order chi connectivity index (χ1) is 5.25. The van der Waals surface area contributed by atoms with Gasteiger partial charge >= 0.3 is 0 Å². The molecule has 1 rings (SSSR count). The molecule has 0 saturated heterocycles. The molecule has 0 aliphatic heterocycles. The number of hydrogen-bond donors (Lipinski definition) is 2. The minimum atomic E-state index is 0.580. The predicted molar refractivity (Wildman–Crippen MR) is 43.3 cm³/mol. The van der Waals surface area contributed by atoms with Crippen molar-refractivity contribution in [2.45, 2.75) is 13.3 Å². The molecule has 0 fully saturated rings. The van der Waals surface area contributed by atoms with Crippen LogP contribution in [0.15, 0.2) is 0 Å². The van der Waals surface area contributed by atoms with E-state index in [0.717, 1.165) is 17.7 Å². The molecule has 0 bridgehead atoms. The lowest BCUT2D eigenvalue weighted by Gasteiger charge is -1.96. The Hall–Kier alpha value is -1.03. The van der Waals surface area contributed by atoms with Gasteiger partial charge in [-0.1, -0.05) is 0 Å². The smallest absolute Gasteiger partial charge is 0.148 e. The van der Waals surface area contributed by atoms with Crippen LogP contribution in [-0.4, -0.2) is 23.9 Å². The first kappa shape index (κ1) is 8.07. The molecule has 0 radical (unpaired) electrons. The summed E-state index contributed by atoms with van der Waals surface area (Å²) < 4.78 is 4.92. The molecule has 1 heterocycles. The van der Waals surface area contributed by atoms with E-state index < -0.39 is 0 Å². The monoisotopic (exact) mass is 155 g/mol. The van der Waals surface area contributed by atoms with Crippen LogP contribution in [0.4, 0.5) is 5.82 Å². The molecule has 0 saturated carbocycles. The Labute approximate surface area is 65.7 Å². The van der Waals surface area contributed by atoms with Crippen molar-refractivity contribution >= 4 is 5.82 Å². The summed E-state index contributed by atoms with van der Waals surface area (Å²) in [6.07, 6.45) is 0.840. The number of nitrogens with one attached hydrogen (secondary N) is 1. The van der Waals surface area contributed by atoms with Crippen molar-refractivity contribution in [3.05, 3.63) is 11.3 Å². The second-order valence-corrected chi connectivity index (χ2v) is 2.46. The molecule has 0 aromatic carbocycles. The Bertz CT molecular complexity index is 232. The van der Waals surface area contributed by atoms with E-state index in [1.54, 1.807) is 7.11 Å². The van der Waals surface area contributed by atoms with Gasteiger partial charge in [0, 0.05) is 24.8 Å². The van der Waals surface area contributed by atoms with Gasteiger partial charge in [0.05, 0.1) is 6.61 Å². The Morgan fingerprint density at radius 3 is 2.82 bits per heavy atom. The van der Waals surface area contributed by atoms with E-state index in [2.05, 4.69) is 10.2 Å². The van der Waals surface area contributed by atoms with Crippen LogP contribution >= 0.6 is 0 Å². The molecule has 1 aromatic heterocycles. The van der Waals surface area contributed by atoms with Crippen LogP contribution in [0.2, 0.25) is 0 Å². The lowest BCUT2D eigenvalue weighted by Crippen LogP contribution is -1.96. The normalized spacial score (nSPS) is 10.4. The van der Waals surface area contributed by atoms with Crippen LogP contribution < -0.4 is 5.73 Å². The molecule has 1 aromatic rings. The molecule has 11 heavy (non-hydrogen) atoms. The molecule has 4 nitrogen and oxygen atoms in total.